The maximum atomic E-state index is 15.1. The van der Waals surface area contributed by atoms with Crippen LogP contribution in [0.1, 0.15) is 41.0 Å². The molecule has 8 rings (SSSR count). The molecule has 8 heteroatoms. The average Bonchev–Trinajstić information content (AvgIpc) is 3.40. The van der Waals surface area contributed by atoms with Crippen LogP contribution in [0.25, 0.3) is 5.57 Å². The Balaban J connectivity index is 1.37. The fraction of sp³-hybridized carbons (Fsp3) is 0.238. The van der Waals surface area contributed by atoms with Gasteiger partial charge in [-0.1, -0.05) is 102 Å². The third-order valence-corrected chi connectivity index (χ3v) is 11.8. The molecule has 0 spiro atoms. The SMILES string of the molecule is COc1cccc(C2C3=CCC4C(=O)N(c5ccc(C)c(Cl)c5)C(=O)C4C3CC3C(=O)C(c4ccccc4)=CC(=O)C32c2ccccc2)c1O. The number of carbonyl (C=O) groups excluding carboxylic acids is 4. The van der Waals surface area contributed by atoms with Crippen molar-refractivity contribution in [3.05, 3.63) is 142 Å². The van der Waals surface area contributed by atoms with Crippen LogP contribution in [0.15, 0.2) is 115 Å². The molecule has 6 atom stereocenters. The van der Waals surface area contributed by atoms with Crippen LogP contribution < -0.4 is 9.64 Å². The van der Waals surface area contributed by atoms with Gasteiger partial charge in [0, 0.05) is 28.0 Å². The summed E-state index contributed by atoms with van der Waals surface area (Å²) < 4.78 is 5.54. The second-order valence-electron chi connectivity index (χ2n) is 13.6. The standard InChI is InChI=1S/C42H34ClNO6/c1-23-16-17-26(20-33(23)43)44-40(48)28-19-18-27-31(36(28)41(44)49)21-32-38(46)30(24-10-5-3-6-11-24)22-35(45)42(32,25-12-7-4-8-13-25)37(27)29-14-9-15-34(50-2)39(29)47/h3-18,20,22,28,31-32,36-37,47H,19,21H2,1-2H3. The van der Waals surface area contributed by atoms with Gasteiger partial charge in [-0.25, -0.2) is 4.90 Å². The molecule has 4 aromatic rings. The minimum Gasteiger partial charge on any atom is -0.504 e. The van der Waals surface area contributed by atoms with Gasteiger partial charge in [-0.2, -0.15) is 0 Å². The van der Waals surface area contributed by atoms with Gasteiger partial charge < -0.3 is 9.84 Å². The number of imide groups is 1. The van der Waals surface area contributed by atoms with Crippen molar-refractivity contribution >= 4 is 46.2 Å². The highest BCUT2D eigenvalue weighted by Gasteiger charge is 2.66. The molecule has 1 aliphatic heterocycles. The van der Waals surface area contributed by atoms with Gasteiger partial charge in [-0.05, 0) is 66.6 Å². The van der Waals surface area contributed by atoms with Crippen LogP contribution in [0.4, 0.5) is 5.69 Å². The fourth-order valence-corrected chi connectivity index (χ4v) is 9.31. The van der Waals surface area contributed by atoms with Gasteiger partial charge in [-0.15, -0.1) is 0 Å². The van der Waals surface area contributed by atoms with Crippen molar-refractivity contribution in [3.63, 3.8) is 0 Å². The number of phenols is 1. The summed E-state index contributed by atoms with van der Waals surface area (Å²) in [6.45, 7) is 1.85. The zero-order valence-corrected chi connectivity index (χ0v) is 28.3. The Morgan fingerprint density at radius 3 is 2.28 bits per heavy atom. The lowest BCUT2D eigenvalue weighted by atomic mass is 9.44. The second-order valence-corrected chi connectivity index (χ2v) is 14.0. The quantitative estimate of drug-likeness (QED) is 0.174. The first-order valence-electron chi connectivity index (χ1n) is 16.8. The first-order chi connectivity index (χ1) is 24.2. The van der Waals surface area contributed by atoms with Crippen LogP contribution in [0, 0.1) is 30.6 Å². The molecule has 4 aromatic carbocycles. The summed E-state index contributed by atoms with van der Waals surface area (Å²) in [5.74, 6) is -4.82. The topological polar surface area (TPSA) is 101 Å². The van der Waals surface area contributed by atoms with E-state index >= 15 is 9.59 Å². The minimum absolute atomic E-state index is 0.138. The highest BCUT2D eigenvalue weighted by molar-refractivity contribution is 6.33. The second kappa shape index (κ2) is 12.0. The monoisotopic (exact) mass is 683 g/mol. The van der Waals surface area contributed by atoms with Crippen molar-refractivity contribution in [2.24, 2.45) is 23.7 Å². The first kappa shape index (κ1) is 32.0. The highest BCUT2D eigenvalue weighted by Crippen LogP contribution is 2.65. The predicted octanol–water partition coefficient (Wildman–Crippen LogP) is 7.39. The van der Waals surface area contributed by atoms with Gasteiger partial charge in [0.1, 0.15) is 0 Å². The van der Waals surface area contributed by atoms with E-state index in [-0.39, 0.29) is 47.7 Å². The Labute approximate surface area is 294 Å². The van der Waals surface area contributed by atoms with E-state index in [4.69, 9.17) is 16.3 Å². The molecule has 7 nitrogen and oxygen atoms in total. The Morgan fingerprint density at radius 1 is 0.860 bits per heavy atom. The summed E-state index contributed by atoms with van der Waals surface area (Å²) in [4.78, 5) is 60.0. The highest BCUT2D eigenvalue weighted by atomic mass is 35.5. The van der Waals surface area contributed by atoms with Crippen LogP contribution in [0.2, 0.25) is 5.02 Å². The normalized spacial score (nSPS) is 27.3. The number of amides is 2. The molecule has 6 unspecified atom stereocenters. The molecule has 0 radical (unpaired) electrons. The van der Waals surface area contributed by atoms with Crippen molar-refractivity contribution in [2.75, 3.05) is 12.0 Å². The molecule has 0 bridgehead atoms. The van der Waals surface area contributed by atoms with Crippen LogP contribution in [0.3, 0.4) is 0 Å². The number of nitrogens with zero attached hydrogens (tertiary/aromatic N) is 1. The lowest BCUT2D eigenvalue weighted by Crippen LogP contribution is -2.58. The summed E-state index contributed by atoms with van der Waals surface area (Å²) in [6, 6.07) is 28.7. The van der Waals surface area contributed by atoms with Crippen LogP contribution in [-0.4, -0.2) is 35.6 Å². The number of aryl methyl sites for hydroxylation is 1. The van der Waals surface area contributed by atoms with Crippen molar-refractivity contribution < 1.29 is 29.0 Å². The van der Waals surface area contributed by atoms with E-state index in [1.165, 1.54) is 18.1 Å². The number of Topliss-reactive ketones (excluding diaryl/α,β-unsaturated/α-hetero) is 1. The number of benzene rings is 4. The minimum atomic E-state index is -1.45. The molecule has 4 aliphatic rings. The van der Waals surface area contributed by atoms with E-state index in [2.05, 4.69) is 0 Å². The molecule has 2 fully saturated rings. The number of allylic oxidation sites excluding steroid dienone is 4. The molecule has 1 heterocycles. The van der Waals surface area contributed by atoms with Crippen molar-refractivity contribution in [3.8, 4) is 11.5 Å². The molecule has 250 valence electrons. The number of hydrogen-bond acceptors (Lipinski definition) is 6. The lowest BCUT2D eigenvalue weighted by Gasteiger charge is -2.55. The molecule has 2 amide bonds. The molecule has 1 saturated heterocycles. The van der Waals surface area contributed by atoms with Crippen LogP contribution in [-0.2, 0) is 24.6 Å². The summed E-state index contributed by atoms with van der Waals surface area (Å²) in [7, 11) is 1.46. The number of anilines is 1. The number of carbonyl (C=O) groups is 4. The maximum absolute atomic E-state index is 15.1. The molecular formula is C42H34ClNO6. The van der Waals surface area contributed by atoms with Crippen LogP contribution in [0.5, 0.6) is 11.5 Å². The fourth-order valence-electron chi connectivity index (χ4n) is 9.13. The van der Waals surface area contributed by atoms with E-state index < -0.39 is 35.0 Å². The smallest absolute Gasteiger partial charge is 0.238 e. The number of aromatic hydroxyl groups is 1. The Hall–Kier alpha value is -5.27. The molecule has 1 N–H and O–H groups in total. The zero-order valence-electron chi connectivity index (χ0n) is 27.5. The number of hydrogen-bond donors (Lipinski definition) is 1. The van der Waals surface area contributed by atoms with E-state index in [1.807, 2.05) is 73.7 Å². The molecule has 1 saturated carbocycles. The summed E-state index contributed by atoms with van der Waals surface area (Å²) in [5.41, 5.74) is 2.54. The van der Waals surface area contributed by atoms with Gasteiger partial charge in [0.2, 0.25) is 11.8 Å². The number of methoxy groups -OCH3 is 1. The summed E-state index contributed by atoms with van der Waals surface area (Å²) in [5, 5.41) is 12.2. The van der Waals surface area contributed by atoms with Gasteiger partial charge >= 0.3 is 0 Å². The van der Waals surface area contributed by atoms with Crippen molar-refractivity contribution in [1.82, 2.24) is 0 Å². The van der Waals surface area contributed by atoms with Crippen molar-refractivity contribution in [2.45, 2.75) is 31.1 Å². The number of para-hydroxylation sites is 1. The number of fused-ring (bicyclic) bond motifs is 4. The summed E-state index contributed by atoms with van der Waals surface area (Å²) >= 11 is 6.45. The molecular weight excluding hydrogens is 650 g/mol. The van der Waals surface area contributed by atoms with Gasteiger partial charge in [0.05, 0.1) is 30.0 Å². The largest absolute Gasteiger partial charge is 0.504 e. The maximum Gasteiger partial charge on any atom is 0.238 e. The van der Waals surface area contributed by atoms with E-state index in [9.17, 15) is 14.7 Å². The predicted molar refractivity (Wildman–Crippen MR) is 190 cm³/mol. The number of phenolic OH excluding ortho intramolecular Hbond substituents is 1. The summed E-state index contributed by atoms with van der Waals surface area (Å²) in [6.07, 6.45) is 3.87. The average molecular weight is 684 g/mol. The third kappa shape index (κ3) is 4.49. The van der Waals surface area contributed by atoms with Gasteiger partial charge in [-0.3, -0.25) is 19.2 Å². The number of ether oxygens (including phenoxy) is 1. The Kier molecular flexibility index (Phi) is 7.64. The van der Waals surface area contributed by atoms with E-state index in [1.54, 1.807) is 36.4 Å². The Bertz CT molecular complexity index is 2160. The van der Waals surface area contributed by atoms with Crippen molar-refractivity contribution in [1.29, 1.82) is 0 Å². The number of rotatable bonds is 5. The molecule has 50 heavy (non-hydrogen) atoms. The number of ketones is 2. The third-order valence-electron chi connectivity index (χ3n) is 11.3. The first-order valence-corrected chi connectivity index (χ1v) is 17.2. The Morgan fingerprint density at radius 2 is 1.58 bits per heavy atom. The van der Waals surface area contributed by atoms with Crippen LogP contribution >= 0.6 is 11.6 Å². The van der Waals surface area contributed by atoms with E-state index in [0.717, 1.165) is 11.1 Å². The number of halogens is 1. The van der Waals surface area contributed by atoms with E-state index in [0.29, 0.717) is 33.0 Å². The van der Waals surface area contributed by atoms with Gasteiger partial charge in [0.25, 0.3) is 0 Å². The zero-order chi connectivity index (χ0) is 34.9. The van der Waals surface area contributed by atoms with Gasteiger partial charge in [0.15, 0.2) is 23.1 Å². The molecule has 3 aliphatic carbocycles. The lowest BCUT2D eigenvalue weighted by molar-refractivity contribution is -0.135. The molecule has 0 aromatic heterocycles.